The molecule has 0 aliphatic carbocycles. The summed E-state index contributed by atoms with van der Waals surface area (Å²) in [7, 11) is 1.75. The molecule has 0 unspecified atom stereocenters. The molecule has 0 aliphatic heterocycles. The Balaban J connectivity index is 2.21. The van der Waals surface area contributed by atoms with Crippen LogP contribution in [0.15, 0.2) is 30.6 Å². The Morgan fingerprint density at radius 2 is 2.24 bits per heavy atom. The maximum absolute atomic E-state index is 13.1. The highest BCUT2D eigenvalue weighted by Gasteiger charge is 2.11. The normalized spacial score (nSPS) is 10.5. The predicted octanol–water partition coefficient (Wildman–Crippen LogP) is 2.29. The Labute approximate surface area is 98.9 Å². The predicted molar refractivity (Wildman–Crippen MR) is 62.4 cm³/mol. The van der Waals surface area contributed by atoms with Gasteiger partial charge in [0.1, 0.15) is 5.82 Å². The topological polar surface area (TPSA) is 34.9 Å². The summed E-state index contributed by atoms with van der Waals surface area (Å²) in [5.41, 5.74) is 2.19. The van der Waals surface area contributed by atoms with Gasteiger partial charge in [0.25, 0.3) is 0 Å². The Kier molecular flexibility index (Phi) is 3.04. The van der Waals surface area contributed by atoms with Crippen LogP contribution in [0.3, 0.4) is 0 Å². The Morgan fingerprint density at radius 3 is 2.88 bits per heavy atom. The largest absolute Gasteiger partial charge is 0.294 e. The second kappa shape index (κ2) is 4.49. The van der Waals surface area contributed by atoms with E-state index in [2.05, 4.69) is 5.10 Å². The van der Waals surface area contributed by atoms with Crippen LogP contribution in [0.2, 0.25) is 0 Å². The fourth-order valence-corrected chi connectivity index (χ4v) is 1.67. The summed E-state index contributed by atoms with van der Waals surface area (Å²) in [5, 5.41) is 3.94. The summed E-state index contributed by atoms with van der Waals surface area (Å²) >= 11 is 0. The van der Waals surface area contributed by atoms with Gasteiger partial charge >= 0.3 is 0 Å². The first-order valence-corrected chi connectivity index (χ1v) is 5.33. The Bertz CT molecular complexity index is 560. The molecule has 0 aliphatic rings. The van der Waals surface area contributed by atoms with Gasteiger partial charge in [-0.3, -0.25) is 9.48 Å². The average molecular weight is 232 g/mol. The Morgan fingerprint density at radius 1 is 1.47 bits per heavy atom. The molecular formula is C13H13FN2O. The van der Waals surface area contributed by atoms with Crippen LogP contribution in [-0.4, -0.2) is 15.6 Å². The van der Waals surface area contributed by atoms with Crippen molar-refractivity contribution < 1.29 is 9.18 Å². The van der Waals surface area contributed by atoms with Crippen molar-refractivity contribution in [2.45, 2.75) is 13.3 Å². The second-order valence-electron chi connectivity index (χ2n) is 4.07. The van der Waals surface area contributed by atoms with E-state index in [-0.39, 0.29) is 18.0 Å². The van der Waals surface area contributed by atoms with E-state index in [1.807, 2.05) is 6.92 Å². The number of halogens is 1. The maximum Gasteiger partial charge on any atom is 0.170 e. The van der Waals surface area contributed by atoms with Gasteiger partial charge in [-0.15, -0.1) is 0 Å². The number of rotatable bonds is 3. The molecule has 0 N–H and O–H groups in total. The third-order valence-corrected chi connectivity index (χ3v) is 2.69. The van der Waals surface area contributed by atoms with E-state index in [0.29, 0.717) is 5.56 Å². The fraction of sp³-hybridized carbons (Fsp3) is 0.231. The molecule has 1 aromatic heterocycles. The highest BCUT2D eigenvalue weighted by molar-refractivity contribution is 5.97. The lowest BCUT2D eigenvalue weighted by Gasteiger charge is -2.04. The molecule has 2 rings (SSSR count). The van der Waals surface area contributed by atoms with Crippen LogP contribution in [0.5, 0.6) is 0 Å². The number of ketones is 1. The third-order valence-electron chi connectivity index (χ3n) is 2.69. The number of benzene rings is 1. The first-order valence-electron chi connectivity index (χ1n) is 5.33. The minimum absolute atomic E-state index is 0.0493. The van der Waals surface area contributed by atoms with E-state index in [0.717, 1.165) is 11.1 Å². The fourth-order valence-electron chi connectivity index (χ4n) is 1.67. The lowest BCUT2D eigenvalue weighted by Crippen LogP contribution is -2.04. The van der Waals surface area contributed by atoms with Crippen LogP contribution in [0, 0.1) is 12.7 Å². The van der Waals surface area contributed by atoms with E-state index in [9.17, 15) is 9.18 Å². The molecule has 0 saturated heterocycles. The quantitative estimate of drug-likeness (QED) is 0.761. The SMILES string of the molecule is Cc1ccc(F)cc1CC(=O)c1cnn(C)c1. The number of aromatic nitrogens is 2. The van der Waals surface area contributed by atoms with Crippen LogP contribution < -0.4 is 0 Å². The number of carbonyl (C=O) groups excluding carboxylic acids is 1. The maximum atomic E-state index is 13.1. The van der Waals surface area contributed by atoms with E-state index in [1.165, 1.54) is 18.3 Å². The molecule has 0 atom stereocenters. The molecule has 3 nitrogen and oxygen atoms in total. The molecule has 4 heteroatoms. The van der Waals surface area contributed by atoms with Crippen LogP contribution in [0.1, 0.15) is 21.5 Å². The number of nitrogens with zero attached hydrogens (tertiary/aromatic N) is 2. The smallest absolute Gasteiger partial charge is 0.170 e. The molecule has 2 aromatic rings. The average Bonchev–Trinajstić information content (AvgIpc) is 2.70. The standard InChI is InChI=1S/C13H13FN2O/c1-9-3-4-12(14)5-10(9)6-13(17)11-7-15-16(2)8-11/h3-5,7-8H,6H2,1-2H3. The van der Waals surface area contributed by atoms with Crippen molar-refractivity contribution in [2.24, 2.45) is 7.05 Å². The Hall–Kier alpha value is -1.97. The number of Topliss-reactive ketones (excluding diaryl/α,β-unsaturated/α-hetero) is 1. The van der Waals surface area contributed by atoms with E-state index in [1.54, 1.807) is 24.0 Å². The summed E-state index contributed by atoms with van der Waals surface area (Å²) < 4.78 is 14.7. The van der Waals surface area contributed by atoms with Crippen LogP contribution >= 0.6 is 0 Å². The van der Waals surface area contributed by atoms with Gasteiger partial charge in [0.05, 0.1) is 11.8 Å². The van der Waals surface area contributed by atoms with Crippen molar-refractivity contribution in [2.75, 3.05) is 0 Å². The van der Waals surface area contributed by atoms with Crippen LogP contribution in [0.25, 0.3) is 0 Å². The van der Waals surface area contributed by atoms with Crippen molar-refractivity contribution in [1.82, 2.24) is 9.78 Å². The number of carbonyl (C=O) groups is 1. The molecule has 0 bridgehead atoms. The molecule has 17 heavy (non-hydrogen) atoms. The van der Waals surface area contributed by atoms with Gasteiger partial charge in [-0.1, -0.05) is 6.07 Å². The van der Waals surface area contributed by atoms with Crippen LogP contribution in [-0.2, 0) is 13.5 Å². The van der Waals surface area contributed by atoms with Crippen molar-refractivity contribution in [3.8, 4) is 0 Å². The van der Waals surface area contributed by atoms with E-state index in [4.69, 9.17) is 0 Å². The van der Waals surface area contributed by atoms with Crippen molar-refractivity contribution in [3.63, 3.8) is 0 Å². The minimum Gasteiger partial charge on any atom is -0.294 e. The summed E-state index contributed by atoms with van der Waals surface area (Å²) in [4.78, 5) is 11.9. The zero-order valence-corrected chi connectivity index (χ0v) is 9.77. The lowest BCUT2D eigenvalue weighted by atomic mass is 10.0. The first kappa shape index (κ1) is 11.5. The van der Waals surface area contributed by atoms with Gasteiger partial charge in [-0.05, 0) is 30.2 Å². The van der Waals surface area contributed by atoms with Crippen LogP contribution in [0.4, 0.5) is 4.39 Å². The molecule has 0 spiro atoms. The number of aryl methyl sites for hydroxylation is 2. The van der Waals surface area contributed by atoms with E-state index < -0.39 is 0 Å². The molecule has 88 valence electrons. The number of hydrogen-bond donors (Lipinski definition) is 0. The van der Waals surface area contributed by atoms with Gasteiger partial charge in [0, 0.05) is 19.7 Å². The third kappa shape index (κ3) is 2.58. The molecule has 0 saturated carbocycles. The highest BCUT2D eigenvalue weighted by Crippen LogP contribution is 2.13. The first-order chi connectivity index (χ1) is 8.06. The molecule has 1 heterocycles. The summed E-state index contributed by atoms with van der Waals surface area (Å²) in [5.74, 6) is -0.364. The second-order valence-corrected chi connectivity index (χ2v) is 4.07. The van der Waals surface area contributed by atoms with Gasteiger partial charge < -0.3 is 0 Å². The van der Waals surface area contributed by atoms with Gasteiger partial charge in [-0.25, -0.2) is 4.39 Å². The van der Waals surface area contributed by atoms with Crippen molar-refractivity contribution in [1.29, 1.82) is 0 Å². The van der Waals surface area contributed by atoms with Gasteiger partial charge in [0.15, 0.2) is 5.78 Å². The zero-order valence-electron chi connectivity index (χ0n) is 9.77. The molecule has 0 amide bonds. The van der Waals surface area contributed by atoms with Gasteiger partial charge in [-0.2, -0.15) is 5.10 Å². The summed E-state index contributed by atoms with van der Waals surface area (Å²) in [6.07, 6.45) is 3.39. The molecular weight excluding hydrogens is 219 g/mol. The molecule has 0 fully saturated rings. The van der Waals surface area contributed by atoms with Crippen molar-refractivity contribution >= 4 is 5.78 Å². The van der Waals surface area contributed by atoms with Crippen molar-refractivity contribution in [3.05, 3.63) is 53.1 Å². The molecule has 0 radical (unpaired) electrons. The monoisotopic (exact) mass is 232 g/mol. The van der Waals surface area contributed by atoms with Gasteiger partial charge in [0.2, 0.25) is 0 Å². The summed E-state index contributed by atoms with van der Waals surface area (Å²) in [6, 6.07) is 4.48. The number of hydrogen-bond acceptors (Lipinski definition) is 2. The highest BCUT2D eigenvalue weighted by atomic mass is 19.1. The minimum atomic E-state index is -0.315. The lowest BCUT2D eigenvalue weighted by molar-refractivity contribution is 0.0992. The molecule has 1 aromatic carbocycles. The van der Waals surface area contributed by atoms with E-state index >= 15 is 0 Å². The zero-order chi connectivity index (χ0) is 12.4. The summed E-state index contributed by atoms with van der Waals surface area (Å²) in [6.45, 7) is 1.87.